The lowest BCUT2D eigenvalue weighted by molar-refractivity contribution is 0.103. The lowest BCUT2D eigenvalue weighted by Gasteiger charge is -2.19. The van der Waals surface area contributed by atoms with E-state index in [1.807, 2.05) is 43.3 Å². The summed E-state index contributed by atoms with van der Waals surface area (Å²) in [4.78, 5) is 27.6. The van der Waals surface area contributed by atoms with Gasteiger partial charge in [-0.3, -0.25) is 14.2 Å². The van der Waals surface area contributed by atoms with E-state index in [1.165, 1.54) is 22.8 Å². The topological polar surface area (TPSA) is 99.2 Å². The monoisotopic (exact) mass is 564 g/mol. The number of rotatable bonds is 7. The second kappa shape index (κ2) is 10.2. The number of allylic oxidation sites excluding steroid dienone is 2. The minimum absolute atomic E-state index is 0.0790. The molecule has 6 nitrogen and oxygen atoms in total. The molecule has 4 rings (SSSR count). The summed E-state index contributed by atoms with van der Waals surface area (Å²) in [5.41, 5.74) is 8.43. The number of halogens is 1. The number of ketones is 1. The average Bonchev–Trinajstić information content (AvgIpc) is 2.85. The maximum absolute atomic E-state index is 13.8. The third kappa shape index (κ3) is 5.20. The van der Waals surface area contributed by atoms with Crippen molar-refractivity contribution in [2.45, 2.75) is 24.8 Å². The molecule has 0 bridgehead atoms. The van der Waals surface area contributed by atoms with Crippen LogP contribution in [0.4, 0.5) is 0 Å². The fourth-order valence-corrected chi connectivity index (χ4v) is 5.08. The van der Waals surface area contributed by atoms with Gasteiger partial charge in [0.15, 0.2) is 9.84 Å². The molecule has 0 amide bonds. The van der Waals surface area contributed by atoms with Crippen LogP contribution in [0.15, 0.2) is 98.7 Å². The molecule has 184 valence electrons. The van der Waals surface area contributed by atoms with E-state index < -0.39 is 9.84 Å². The van der Waals surface area contributed by atoms with Crippen molar-refractivity contribution in [2.75, 3.05) is 6.26 Å². The van der Waals surface area contributed by atoms with Crippen LogP contribution in [-0.4, -0.2) is 25.0 Å². The Labute approximate surface area is 218 Å². The second-order valence-corrected chi connectivity index (χ2v) is 11.5. The smallest absolute Gasteiger partial charge is 0.259 e. The number of carbonyl (C=O) groups is 1. The van der Waals surface area contributed by atoms with Crippen LogP contribution in [0.5, 0.6) is 0 Å². The lowest BCUT2D eigenvalue weighted by atomic mass is 9.94. The zero-order valence-corrected chi connectivity index (χ0v) is 22.3. The highest BCUT2D eigenvalue weighted by Crippen LogP contribution is 2.33. The summed E-state index contributed by atoms with van der Waals surface area (Å²) in [6, 6.07) is 21.1. The maximum Gasteiger partial charge on any atom is 0.259 e. The molecule has 1 aromatic heterocycles. The van der Waals surface area contributed by atoms with E-state index in [9.17, 15) is 18.0 Å². The maximum atomic E-state index is 13.8. The Morgan fingerprint density at radius 2 is 1.67 bits per heavy atom. The van der Waals surface area contributed by atoms with Crippen LogP contribution < -0.4 is 11.3 Å². The molecule has 8 heteroatoms. The number of benzene rings is 3. The average molecular weight is 565 g/mol. The number of nitrogens with two attached hydrogens (primary N) is 1. The zero-order valence-electron chi connectivity index (χ0n) is 19.9. The minimum atomic E-state index is -3.36. The van der Waals surface area contributed by atoms with Gasteiger partial charge in [-0.05, 0) is 53.3 Å². The minimum Gasteiger partial charge on any atom is -0.402 e. The highest BCUT2D eigenvalue weighted by molar-refractivity contribution is 9.10. The summed E-state index contributed by atoms with van der Waals surface area (Å²) >= 11 is 3.50. The Kier molecular flexibility index (Phi) is 7.28. The van der Waals surface area contributed by atoms with E-state index >= 15 is 0 Å². The summed E-state index contributed by atoms with van der Waals surface area (Å²) in [5.74, 6) is -0.375. The largest absolute Gasteiger partial charge is 0.402 e. The van der Waals surface area contributed by atoms with Gasteiger partial charge in [-0.1, -0.05) is 65.3 Å². The number of hydrogen-bond donors (Lipinski definition) is 1. The van der Waals surface area contributed by atoms with Gasteiger partial charge in [-0.2, -0.15) is 0 Å². The fourth-order valence-electron chi connectivity index (χ4n) is 4.09. The number of hydrogen-bond acceptors (Lipinski definition) is 5. The third-order valence-electron chi connectivity index (χ3n) is 5.95. The second-order valence-electron chi connectivity index (χ2n) is 8.52. The normalized spacial score (nSPS) is 12.1. The Hall–Kier alpha value is -3.49. The summed E-state index contributed by atoms with van der Waals surface area (Å²) in [6.45, 7) is 1.93. The molecule has 36 heavy (non-hydrogen) atoms. The summed E-state index contributed by atoms with van der Waals surface area (Å²) in [7, 11) is -3.36. The molecule has 0 spiro atoms. The van der Waals surface area contributed by atoms with Crippen LogP contribution in [0.1, 0.15) is 29.4 Å². The molecule has 1 heterocycles. The summed E-state index contributed by atoms with van der Waals surface area (Å²) < 4.78 is 26.0. The number of sulfone groups is 1. The van der Waals surface area contributed by atoms with Crippen molar-refractivity contribution in [3.8, 4) is 11.1 Å². The van der Waals surface area contributed by atoms with Crippen LogP contribution in [-0.2, 0) is 16.4 Å². The van der Waals surface area contributed by atoms with Gasteiger partial charge in [0.25, 0.3) is 5.56 Å². The Bertz CT molecular complexity index is 1660. The first kappa shape index (κ1) is 25.6. The van der Waals surface area contributed by atoms with E-state index in [4.69, 9.17) is 5.73 Å². The molecule has 0 aliphatic carbocycles. The number of aromatic nitrogens is 1. The van der Waals surface area contributed by atoms with Gasteiger partial charge in [-0.25, -0.2) is 8.42 Å². The Balaban J connectivity index is 2.07. The van der Waals surface area contributed by atoms with E-state index in [0.717, 1.165) is 16.3 Å². The van der Waals surface area contributed by atoms with Gasteiger partial charge in [0.2, 0.25) is 5.78 Å². The van der Waals surface area contributed by atoms with Crippen molar-refractivity contribution >= 4 is 42.3 Å². The van der Waals surface area contributed by atoms with Crippen molar-refractivity contribution in [3.05, 3.63) is 111 Å². The molecule has 0 aliphatic heterocycles. The van der Waals surface area contributed by atoms with Gasteiger partial charge >= 0.3 is 0 Å². The Morgan fingerprint density at radius 1 is 1.00 bits per heavy atom. The van der Waals surface area contributed by atoms with Crippen LogP contribution in [0.3, 0.4) is 0 Å². The number of fused-ring (bicyclic) bond motifs is 1. The van der Waals surface area contributed by atoms with E-state index in [-0.39, 0.29) is 28.5 Å². The van der Waals surface area contributed by atoms with Gasteiger partial charge in [0, 0.05) is 33.5 Å². The summed E-state index contributed by atoms with van der Waals surface area (Å²) in [5, 5.41) is 1.12. The molecule has 0 unspecified atom stereocenters. The fraction of sp³-hybridized carbons (Fsp3) is 0.143. The standard InChI is InChI=1S/C28H25BrN2O4S/c1-3-21(30)16-25(32)27-26(19-7-5-4-6-8-19)24-15-20(29)11-14-23(24)28(33)31(27)17-18-9-12-22(13-10-18)36(2,34)35/h4-16H,3,17,30H2,1-2H3/b21-16-. The first-order chi connectivity index (χ1) is 17.1. The van der Waals surface area contributed by atoms with Crippen molar-refractivity contribution in [3.63, 3.8) is 0 Å². The van der Waals surface area contributed by atoms with E-state index in [0.29, 0.717) is 34.0 Å². The van der Waals surface area contributed by atoms with E-state index in [1.54, 1.807) is 24.3 Å². The quantitative estimate of drug-likeness (QED) is 0.242. The highest BCUT2D eigenvalue weighted by Gasteiger charge is 2.23. The Morgan fingerprint density at radius 3 is 2.28 bits per heavy atom. The van der Waals surface area contributed by atoms with Crippen LogP contribution in [0.2, 0.25) is 0 Å². The molecule has 3 aromatic carbocycles. The number of nitrogens with zero attached hydrogens (tertiary/aromatic N) is 1. The SMILES string of the molecule is CC/C(N)=C/C(=O)c1c(-c2ccccc2)c2cc(Br)ccc2c(=O)n1Cc1ccc(S(C)(=O)=O)cc1. The molecule has 4 aromatic rings. The zero-order chi connectivity index (χ0) is 26.0. The molecule has 0 radical (unpaired) electrons. The highest BCUT2D eigenvalue weighted by atomic mass is 79.9. The van der Waals surface area contributed by atoms with Crippen molar-refractivity contribution in [1.82, 2.24) is 4.57 Å². The van der Waals surface area contributed by atoms with Gasteiger partial charge in [-0.15, -0.1) is 0 Å². The third-order valence-corrected chi connectivity index (χ3v) is 7.57. The molecule has 0 atom stereocenters. The first-order valence-corrected chi connectivity index (χ1v) is 14.0. The number of carbonyl (C=O) groups excluding carboxylic acids is 1. The lowest BCUT2D eigenvalue weighted by Crippen LogP contribution is -2.28. The molecule has 2 N–H and O–H groups in total. The van der Waals surface area contributed by atoms with Gasteiger partial charge < -0.3 is 5.73 Å². The van der Waals surface area contributed by atoms with Crippen LogP contribution in [0, 0.1) is 0 Å². The van der Waals surface area contributed by atoms with Gasteiger partial charge in [0.05, 0.1) is 11.4 Å². The molecule has 0 fully saturated rings. The predicted molar refractivity (Wildman–Crippen MR) is 147 cm³/mol. The van der Waals surface area contributed by atoms with Gasteiger partial charge in [0.1, 0.15) is 5.69 Å². The molecule has 0 saturated carbocycles. The number of pyridine rings is 1. The first-order valence-electron chi connectivity index (χ1n) is 11.3. The summed E-state index contributed by atoms with van der Waals surface area (Å²) in [6.07, 6.45) is 3.00. The van der Waals surface area contributed by atoms with Crippen molar-refractivity contribution in [2.24, 2.45) is 5.73 Å². The van der Waals surface area contributed by atoms with Crippen molar-refractivity contribution in [1.29, 1.82) is 0 Å². The van der Waals surface area contributed by atoms with Crippen LogP contribution >= 0.6 is 15.9 Å². The molecular formula is C28H25BrN2O4S. The van der Waals surface area contributed by atoms with E-state index in [2.05, 4.69) is 15.9 Å². The molecule has 0 aliphatic rings. The molecule has 0 saturated heterocycles. The van der Waals surface area contributed by atoms with Crippen molar-refractivity contribution < 1.29 is 13.2 Å². The predicted octanol–water partition coefficient (Wildman–Crippen LogP) is 5.32. The molecular weight excluding hydrogens is 540 g/mol. The van der Waals surface area contributed by atoms with Crippen LogP contribution in [0.25, 0.3) is 21.9 Å².